The first-order valence-electron chi connectivity index (χ1n) is 5.03. The molecule has 66 valence electrons. The summed E-state index contributed by atoms with van der Waals surface area (Å²) in [5, 5.41) is 3.06. The molecule has 13 heavy (non-hydrogen) atoms. The summed E-state index contributed by atoms with van der Waals surface area (Å²) in [5.41, 5.74) is 0. The maximum Gasteiger partial charge on any atom is 0.226 e. The highest BCUT2D eigenvalue weighted by atomic mass is 16.2. The highest BCUT2D eigenvalue weighted by Gasteiger charge is 2.62. The van der Waals surface area contributed by atoms with Gasteiger partial charge in [-0.2, -0.15) is 0 Å². The second kappa shape index (κ2) is 1.74. The molecule has 2 fully saturated rings. The second-order valence-corrected chi connectivity index (χ2v) is 4.64. The number of carbonyl (C=O) groups excluding carboxylic acids is 1. The molecule has 0 radical (unpaired) electrons. The highest BCUT2D eigenvalue weighted by molar-refractivity contribution is 5.87. The standard InChI is InChI=1S/C11H11NO/c13-11-8-5-1-3-6-7(4-2-5)9(6)10(8)12-11/h1-10H,(H,12,13)/t5?,6?,7?,8-,9?,10-/m0/s1. The van der Waals surface area contributed by atoms with E-state index in [1.165, 1.54) is 0 Å². The van der Waals surface area contributed by atoms with Gasteiger partial charge in [0.25, 0.3) is 0 Å². The van der Waals surface area contributed by atoms with Gasteiger partial charge in [0.05, 0.1) is 5.92 Å². The summed E-state index contributed by atoms with van der Waals surface area (Å²) in [6.07, 6.45) is 9.13. The average Bonchev–Trinajstić information content (AvgIpc) is 2.79. The Morgan fingerprint density at radius 3 is 2.38 bits per heavy atom. The molecule has 1 saturated heterocycles. The van der Waals surface area contributed by atoms with Gasteiger partial charge in [-0.15, -0.1) is 0 Å². The van der Waals surface area contributed by atoms with Crippen LogP contribution in [0.4, 0.5) is 0 Å². The SMILES string of the molecule is O=C1N[C@@H]2C3C4C=CC(C=CC43)[C@H]12. The van der Waals surface area contributed by atoms with Crippen LogP contribution in [-0.2, 0) is 4.79 Å². The summed E-state index contributed by atoms with van der Waals surface area (Å²) in [6, 6.07) is 0.484. The second-order valence-electron chi connectivity index (χ2n) is 4.64. The number of nitrogens with one attached hydrogen (secondary N) is 1. The van der Waals surface area contributed by atoms with Gasteiger partial charge in [-0.1, -0.05) is 24.3 Å². The number of β-lactam (4-membered cyclic amide) rings is 1. The van der Waals surface area contributed by atoms with Crippen molar-refractivity contribution in [2.75, 3.05) is 0 Å². The molecule has 1 saturated carbocycles. The smallest absolute Gasteiger partial charge is 0.226 e. The fraction of sp³-hybridized carbons (Fsp3) is 0.545. The Labute approximate surface area is 76.7 Å². The Bertz CT molecular complexity index is 337. The van der Waals surface area contributed by atoms with E-state index in [0.29, 0.717) is 12.0 Å². The Morgan fingerprint density at radius 2 is 1.77 bits per heavy atom. The molecule has 4 atom stereocenters. The molecule has 0 aromatic rings. The van der Waals surface area contributed by atoms with Crippen LogP contribution in [0.15, 0.2) is 24.3 Å². The zero-order valence-electron chi connectivity index (χ0n) is 7.18. The Hall–Kier alpha value is -1.05. The summed E-state index contributed by atoms with van der Waals surface area (Å²) in [7, 11) is 0. The van der Waals surface area contributed by atoms with Gasteiger partial charge < -0.3 is 5.32 Å². The molecule has 1 N–H and O–H groups in total. The van der Waals surface area contributed by atoms with Crippen LogP contribution in [0, 0.1) is 29.6 Å². The van der Waals surface area contributed by atoms with Gasteiger partial charge in [-0.05, 0) is 17.8 Å². The van der Waals surface area contributed by atoms with Crippen molar-refractivity contribution in [3.05, 3.63) is 24.3 Å². The Balaban J connectivity index is 1.87. The van der Waals surface area contributed by atoms with Gasteiger partial charge in [0, 0.05) is 12.0 Å². The van der Waals surface area contributed by atoms with Gasteiger partial charge in [-0.3, -0.25) is 4.79 Å². The lowest BCUT2D eigenvalue weighted by Gasteiger charge is -2.39. The van der Waals surface area contributed by atoms with Crippen LogP contribution in [0.3, 0.4) is 0 Å². The topological polar surface area (TPSA) is 29.1 Å². The minimum Gasteiger partial charge on any atom is -0.352 e. The van der Waals surface area contributed by atoms with Crippen LogP contribution in [0.2, 0.25) is 0 Å². The highest BCUT2D eigenvalue weighted by Crippen LogP contribution is 2.58. The summed E-state index contributed by atoms with van der Waals surface area (Å²) < 4.78 is 0. The van der Waals surface area contributed by atoms with Crippen LogP contribution < -0.4 is 5.32 Å². The van der Waals surface area contributed by atoms with E-state index in [0.717, 1.165) is 17.8 Å². The molecule has 1 amide bonds. The number of rotatable bonds is 0. The van der Waals surface area contributed by atoms with Crippen molar-refractivity contribution in [1.29, 1.82) is 0 Å². The molecule has 4 aliphatic carbocycles. The third-order valence-electron chi connectivity index (χ3n) is 4.13. The van der Waals surface area contributed by atoms with Crippen molar-refractivity contribution < 1.29 is 4.79 Å². The van der Waals surface area contributed by atoms with E-state index in [1.54, 1.807) is 0 Å². The van der Waals surface area contributed by atoms with E-state index >= 15 is 0 Å². The summed E-state index contributed by atoms with van der Waals surface area (Å²) in [4.78, 5) is 11.4. The molecule has 1 aliphatic heterocycles. The van der Waals surface area contributed by atoms with Crippen LogP contribution in [0.25, 0.3) is 0 Å². The molecule has 0 spiro atoms. The van der Waals surface area contributed by atoms with Crippen LogP contribution in [0.1, 0.15) is 0 Å². The number of hydrogen-bond donors (Lipinski definition) is 1. The number of carbonyl (C=O) groups is 1. The minimum atomic E-state index is 0.259. The van der Waals surface area contributed by atoms with E-state index in [-0.39, 0.29) is 11.8 Å². The molecule has 5 rings (SSSR count). The summed E-state index contributed by atoms with van der Waals surface area (Å²) >= 11 is 0. The van der Waals surface area contributed by atoms with Crippen LogP contribution in [-0.4, -0.2) is 11.9 Å². The maximum atomic E-state index is 11.4. The predicted molar refractivity (Wildman–Crippen MR) is 47.7 cm³/mol. The van der Waals surface area contributed by atoms with Gasteiger partial charge in [-0.25, -0.2) is 0 Å². The van der Waals surface area contributed by atoms with Crippen LogP contribution >= 0.6 is 0 Å². The van der Waals surface area contributed by atoms with E-state index in [1.807, 2.05) is 0 Å². The number of hydrogen-bond acceptors (Lipinski definition) is 1. The largest absolute Gasteiger partial charge is 0.352 e. The lowest BCUT2D eigenvalue weighted by molar-refractivity contribution is -0.136. The van der Waals surface area contributed by atoms with Gasteiger partial charge in [0.2, 0.25) is 5.91 Å². The normalized spacial score (nSPS) is 58.9. The van der Waals surface area contributed by atoms with Crippen LogP contribution in [0.5, 0.6) is 0 Å². The van der Waals surface area contributed by atoms with Crippen molar-refractivity contribution in [3.63, 3.8) is 0 Å². The maximum absolute atomic E-state index is 11.4. The molecule has 4 bridgehead atoms. The summed E-state index contributed by atoms with van der Waals surface area (Å²) in [5.74, 6) is 3.10. The van der Waals surface area contributed by atoms with Gasteiger partial charge >= 0.3 is 0 Å². The molecule has 2 unspecified atom stereocenters. The fourth-order valence-corrected chi connectivity index (χ4v) is 3.36. The third kappa shape index (κ3) is 0.578. The molecule has 5 aliphatic rings. The van der Waals surface area contributed by atoms with Crippen molar-refractivity contribution in [2.24, 2.45) is 29.6 Å². The van der Waals surface area contributed by atoms with E-state index in [9.17, 15) is 4.79 Å². The summed E-state index contributed by atoms with van der Waals surface area (Å²) in [6.45, 7) is 0. The zero-order chi connectivity index (χ0) is 8.58. The lowest BCUT2D eigenvalue weighted by atomic mass is 9.78. The molecular weight excluding hydrogens is 162 g/mol. The minimum absolute atomic E-state index is 0.259. The quantitative estimate of drug-likeness (QED) is 0.424. The molecule has 0 aromatic carbocycles. The monoisotopic (exact) mass is 173 g/mol. The molecule has 2 nitrogen and oxygen atoms in total. The van der Waals surface area contributed by atoms with E-state index in [2.05, 4.69) is 29.6 Å². The first kappa shape index (κ1) is 6.41. The van der Waals surface area contributed by atoms with Crippen molar-refractivity contribution in [2.45, 2.75) is 6.04 Å². The van der Waals surface area contributed by atoms with Gasteiger partial charge in [0.15, 0.2) is 0 Å². The van der Waals surface area contributed by atoms with Crippen molar-refractivity contribution in [1.82, 2.24) is 5.32 Å². The number of allylic oxidation sites excluding steroid dienone is 4. The average molecular weight is 173 g/mol. The first-order chi connectivity index (χ1) is 6.36. The fourth-order valence-electron chi connectivity index (χ4n) is 3.36. The van der Waals surface area contributed by atoms with E-state index < -0.39 is 0 Å². The molecule has 2 heteroatoms. The Kier molecular flexibility index (Phi) is 0.859. The Morgan fingerprint density at radius 1 is 1.08 bits per heavy atom. The molecular formula is C11H11NO. The van der Waals surface area contributed by atoms with Gasteiger partial charge in [0.1, 0.15) is 0 Å². The molecule has 0 aromatic heterocycles. The third-order valence-corrected chi connectivity index (χ3v) is 4.13. The predicted octanol–water partition coefficient (Wildman–Crippen LogP) is 0.719. The lowest BCUT2D eigenvalue weighted by Crippen LogP contribution is -2.61. The zero-order valence-corrected chi connectivity index (χ0v) is 7.18. The van der Waals surface area contributed by atoms with Crippen molar-refractivity contribution >= 4 is 5.91 Å². The van der Waals surface area contributed by atoms with E-state index in [4.69, 9.17) is 0 Å². The first-order valence-corrected chi connectivity index (χ1v) is 5.03. The van der Waals surface area contributed by atoms with Crippen molar-refractivity contribution in [3.8, 4) is 0 Å². The molecule has 1 heterocycles. The number of amides is 1.